The second-order valence-electron chi connectivity index (χ2n) is 4.33. The Balaban J connectivity index is 2.42. The lowest BCUT2D eigenvalue weighted by Gasteiger charge is -2.29. The van der Waals surface area contributed by atoms with Gasteiger partial charge in [-0.2, -0.15) is 0 Å². The van der Waals surface area contributed by atoms with Crippen LogP contribution in [0.25, 0.3) is 0 Å². The minimum atomic E-state index is -0.357. The van der Waals surface area contributed by atoms with E-state index in [1.165, 1.54) is 12.0 Å². The zero-order valence-electron chi connectivity index (χ0n) is 11.5. The molecular formula is C14H16N2O2S2. The van der Waals surface area contributed by atoms with Crippen LogP contribution in [-0.4, -0.2) is 24.4 Å². The summed E-state index contributed by atoms with van der Waals surface area (Å²) in [5, 5.41) is 6.59. The molecular weight excluding hydrogens is 292 g/mol. The van der Waals surface area contributed by atoms with Gasteiger partial charge in [-0.1, -0.05) is 12.1 Å². The van der Waals surface area contributed by atoms with Crippen molar-refractivity contribution >= 4 is 35.1 Å². The minimum absolute atomic E-state index is 0.285. The Hall–Kier alpha value is -1.53. The number of benzene rings is 1. The van der Waals surface area contributed by atoms with Gasteiger partial charge in [0.25, 0.3) is 0 Å². The van der Waals surface area contributed by atoms with E-state index in [2.05, 4.69) is 10.6 Å². The molecule has 4 nitrogen and oxygen atoms in total. The third kappa shape index (κ3) is 2.96. The van der Waals surface area contributed by atoms with Crippen LogP contribution in [0.3, 0.4) is 0 Å². The Labute approximate surface area is 128 Å². The molecule has 20 heavy (non-hydrogen) atoms. The highest BCUT2D eigenvalue weighted by Gasteiger charge is 2.30. The van der Waals surface area contributed by atoms with E-state index in [4.69, 9.17) is 17.0 Å². The van der Waals surface area contributed by atoms with Crippen molar-refractivity contribution in [1.29, 1.82) is 0 Å². The molecule has 0 fully saturated rings. The van der Waals surface area contributed by atoms with Gasteiger partial charge in [-0.05, 0) is 43.1 Å². The van der Waals surface area contributed by atoms with Crippen molar-refractivity contribution in [2.24, 2.45) is 0 Å². The summed E-state index contributed by atoms with van der Waals surface area (Å²) in [6, 6.07) is 7.75. The van der Waals surface area contributed by atoms with E-state index in [9.17, 15) is 4.79 Å². The van der Waals surface area contributed by atoms with Crippen LogP contribution in [0.4, 0.5) is 0 Å². The number of hydrogen-bond acceptors (Lipinski definition) is 4. The first-order valence-corrected chi connectivity index (χ1v) is 7.70. The number of esters is 1. The fourth-order valence-electron chi connectivity index (χ4n) is 2.12. The zero-order valence-corrected chi connectivity index (χ0v) is 13.2. The lowest BCUT2D eigenvalue weighted by Crippen LogP contribution is -2.45. The van der Waals surface area contributed by atoms with Crippen molar-refractivity contribution in [3.63, 3.8) is 0 Å². The Morgan fingerprint density at radius 2 is 2.00 bits per heavy atom. The van der Waals surface area contributed by atoms with Crippen LogP contribution in [-0.2, 0) is 9.53 Å². The predicted molar refractivity (Wildman–Crippen MR) is 84.5 cm³/mol. The molecule has 0 saturated carbocycles. The van der Waals surface area contributed by atoms with Gasteiger partial charge in [0.2, 0.25) is 0 Å². The molecule has 0 saturated heterocycles. The maximum absolute atomic E-state index is 12.0. The molecule has 0 amide bonds. The summed E-state index contributed by atoms with van der Waals surface area (Å²) in [5.41, 5.74) is 2.25. The molecule has 106 valence electrons. The molecule has 0 aliphatic carbocycles. The van der Waals surface area contributed by atoms with E-state index >= 15 is 0 Å². The molecule has 1 atom stereocenters. The fourth-order valence-corrected chi connectivity index (χ4v) is 2.80. The maximum atomic E-state index is 12.0. The first-order chi connectivity index (χ1) is 9.56. The largest absolute Gasteiger partial charge is 0.466 e. The first-order valence-electron chi connectivity index (χ1n) is 6.07. The first kappa shape index (κ1) is 14.9. The van der Waals surface area contributed by atoms with Crippen LogP contribution in [0.15, 0.2) is 40.4 Å². The maximum Gasteiger partial charge on any atom is 0.337 e. The van der Waals surface area contributed by atoms with Crippen molar-refractivity contribution in [1.82, 2.24) is 10.6 Å². The Bertz CT molecular complexity index is 567. The monoisotopic (exact) mass is 308 g/mol. The van der Waals surface area contributed by atoms with Gasteiger partial charge < -0.3 is 15.4 Å². The van der Waals surface area contributed by atoms with E-state index < -0.39 is 0 Å². The standard InChI is InChI=1S/C14H16N2O2S2/c1-8-11(13(17)18-2)12(16-14(19)15-8)9-4-6-10(20-3)7-5-9/h4-7,12H,1-3H3,(H2,15,16,19)/t12-/m0/s1. The van der Waals surface area contributed by atoms with Gasteiger partial charge in [0.15, 0.2) is 5.11 Å². The van der Waals surface area contributed by atoms with E-state index in [1.807, 2.05) is 37.4 Å². The second-order valence-corrected chi connectivity index (χ2v) is 5.62. The van der Waals surface area contributed by atoms with Crippen LogP contribution >= 0.6 is 24.0 Å². The average Bonchev–Trinajstić information content (AvgIpc) is 2.46. The molecule has 1 heterocycles. The number of thioether (sulfide) groups is 1. The van der Waals surface area contributed by atoms with Crippen molar-refractivity contribution in [2.75, 3.05) is 13.4 Å². The number of thiocarbonyl (C=S) groups is 1. The predicted octanol–water partition coefficient (Wildman–Crippen LogP) is 2.37. The van der Waals surface area contributed by atoms with Crippen molar-refractivity contribution < 1.29 is 9.53 Å². The molecule has 6 heteroatoms. The Morgan fingerprint density at radius 1 is 1.35 bits per heavy atom. The molecule has 0 radical (unpaired) electrons. The van der Waals surface area contributed by atoms with Gasteiger partial charge >= 0.3 is 5.97 Å². The lowest BCUT2D eigenvalue weighted by molar-refractivity contribution is -0.136. The fraction of sp³-hybridized carbons (Fsp3) is 0.286. The number of carbonyl (C=O) groups is 1. The summed E-state index contributed by atoms with van der Waals surface area (Å²) in [7, 11) is 1.38. The summed E-state index contributed by atoms with van der Waals surface area (Å²) >= 11 is 6.85. The minimum Gasteiger partial charge on any atom is -0.466 e. The van der Waals surface area contributed by atoms with Crippen LogP contribution < -0.4 is 10.6 Å². The molecule has 1 aromatic carbocycles. The van der Waals surface area contributed by atoms with Gasteiger partial charge in [0, 0.05) is 10.6 Å². The molecule has 0 aromatic heterocycles. The highest BCUT2D eigenvalue weighted by Crippen LogP contribution is 2.28. The quantitative estimate of drug-likeness (QED) is 0.508. The Kier molecular flexibility index (Phi) is 4.67. The summed E-state index contributed by atoms with van der Waals surface area (Å²) in [6.45, 7) is 1.82. The number of nitrogens with one attached hydrogen (secondary N) is 2. The number of rotatable bonds is 3. The highest BCUT2D eigenvalue weighted by atomic mass is 32.2. The van der Waals surface area contributed by atoms with Crippen LogP contribution in [0, 0.1) is 0 Å². The van der Waals surface area contributed by atoms with E-state index in [1.54, 1.807) is 11.8 Å². The summed E-state index contributed by atoms with van der Waals surface area (Å²) in [6.07, 6.45) is 2.02. The molecule has 0 unspecified atom stereocenters. The van der Waals surface area contributed by atoms with Crippen molar-refractivity contribution in [2.45, 2.75) is 17.9 Å². The average molecular weight is 308 g/mol. The molecule has 1 aromatic rings. The molecule has 0 spiro atoms. The molecule has 1 aliphatic heterocycles. The number of ether oxygens (including phenoxy) is 1. The smallest absolute Gasteiger partial charge is 0.337 e. The number of hydrogen-bond donors (Lipinski definition) is 2. The third-order valence-electron chi connectivity index (χ3n) is 3.12. The summed E-state index contributed by atoms with van der Waals surface area (Å²) in [4.78, 5) is 13.2. The third-order valence-corrected chi connectivity index (χ3v) is 4.09. The second kappa shape index (κ2) is 6.28. The Morgan fingerprint density at radius 3 is 2.55 bits per heavy atom. The lowest BCUT2D eigenvalue weighted by atomic mass is 9.96. The van der Waals surface area contributed by atoms with E-state index in [0.29, 0.717) is 10.7 Å². The van der Waals surface area contributed by atoms with Gasteiger partial charge in [0.05, 0.1) is 18.7 Å². The normalized spacial score (nSPS) is 18.4. The number of allylic oxidation sites excluding steroid dienone is 1. The van der Waals surface area contributed by atoms with Crippen LogP contribution in [0.5, 0.6) is 0 Å². The zero-order chi connectivity index (χ0) is 14.7. The van der Waals surface area contributed by atoms with E-state index in [0.717, 1.165) is 11.3 Å². The molecule has 2 rings (SSSR count). The molecule has 0 bridgehead atoms. The summed E-state index contributed by atoms with van der Waals surface area (Å²) < 4.78 is 4.87. The molecule has 2 N–H and O–H groups in total. The van der Waals surface area contributed by atoms with Gasteiger partial charge in [-0.15, -0.1) is 11.8 Å². The van der Waals surface area contributed by atoms with Gasteiger partial charge in [0.1, 0.15) is 0 Å². The summed E-state index contributed by atoms with van der Waals surface area (Å²) in [5.74, 6) is -0.357. The number of carbonyl (C=O) groups excluding carboxylic acids is 1. The van der Waals surface area contributed by atoms with E-state index in [-0.39, 0.29) is 12.0 Å². The van der Waals surface area contributed by atoms with Crippen LogP contribution in [0.2, 0.25) is 0 Å². The topological polar surface area (TPSA) is 50.4 Å². The highest BCUT2D eigenvalue weighted by molar-refractivity contribution is 7.98. The number of methoxy groups -OCH3 is 1. The molecule has 1 aliphatic rings. The SMILES string of the molecule is COC(=O)C1=C(C)NC(=S)N[C@H]1c1ccc(SC)cc1. The van der Waals surface area contributed by atoms with Gasteiger partial charge in [-0.3, -0.25) is 0 Å². The van der Waals surface area contributed by atoms with Gasteiger partial charge in [-0.25, -0.2) is 4.79 Å². The van der Waals surface area contributed by atoms with Crippen LogP contribution in [0.1, 0.15) is 18.5 Å². The van der Waals surface area contributed by atoms with Crippen molar-refractivity contribution in [3.8, 4) is 0 Å². The van der Waals surface area contributed by atoms with Crippen molar-refractivity contribution in [3.05, 3.63) is 41.1 Å².